The summed E-state index contributed by atoms with van der Waals surface area (Å²) >= 11 is 0.979. The summed E-state index contributed by atoms with van der Waals surface area (Å²) in [5.74, 6) is -0.0170. The van der Waals surface area contributed by atoms with Gasteiger partial charge in [-0.1, -0.05) is 0 Å². The van der Waals surface area contributed by atoms with Gasteiger partial charge >= 0.3 is 0 Å². The number of amides is 2. The van der Waals surface area contributed by atoms with Gasteiger partial charge in [-0.25, -0.2) is 0 Å². The van der Waals surface area contributed by atoms with Crippen LogP contribution >= 0.6 is 11.8 Å². The van der Waals surface area contributed by atoms with Gasteiger partial charge in [-0.05, 0) is 74.5 Å². The SMILES string of the molecule is CCN1C(=O)S/C(=C\c2cc(C)n(-c3ccc(O)cc3)c2C)C1=O. The Bertz CT molecular complexity index is 850. The molecule has 5 nitrogen and oxygen atoms in total. The van der Waals surface area contributed by atoms with Crippen LogP contribution in [0.15, 0.2) is 35.2 Å². The molecular weight excluding hydrogens is 324 g/mol. The molecule has 0 radical (unpaired) electrons. The number of hydrogen-bond acceptors (Lipinski definition) is 4. The molecular formula is C18H18N2O3S. The lowest BCUT2D eigenvalue weighted by Gasteiger charge is -2.09. The minimum absolute atomic E-state index is 0.217. The van der Waals surface area contributed by atoms with Crippen LogP contribution in [0.25, 0.3) is 11.8 Å². The van der Waals surface area contributed by atoms with Gasteiger partial charge in [-0.2, -0.15) is 0 Å². The number of thioether (sulfide) groups is 1. The Kier molecular flexibility index (Phi) is 4.24. The summed E-state index contributed by atoms with van der Waals surface area (Å²) in [5.41, 5.74) is 3.83. The van der Waals surface area contributed by atoms with Crippen molar-refractivity contribution in [3.63, 3.8) is 0 Å². The second-order valence-electron chi connectivity index (χ2n) is 5.60. The maximum Gasteiger partial charge on any atom is 0.293 e. The van der Waals surface area contributed by atoms with E-state index >= 15 is 0 Å². The van der Waals surface area contributed by atoms with Gasteiger partial charge in [0.1, 0.15) is 5.75 Å². The molecule has 1 fully saturated rings. The van der Waals surface area contributed by atoms with Crippen molar-refractivity contribution < 1.29 is 14.7 Å². The number of aromatic hydroxyl groups is 1. The van der Waals surface area contributed by atoms with Gasteiger partial charge in [0.25, 0.3) is 11.1 Å². The van der Waals surface area contributed by atoms with Crippen LogP contribution in [0.2, 0.25) is 0 Å². The summed E-state index contributed by atoms with van der Waals surface area (Å²) in [6, 6.07) is 8.94. The molecule has 3 rings (SSSR count). The normalized spacial score (nSPS) is 16.5. The van der Waals surface area contributed by atoms with Gasteiger partial charge in [0.05, 0.1) is 4.91 Å². The second kappa shape index (κ2) is 6.20. The van der Waals surface area contributed by atoms with Crippen LogP contribution in [0, 0.1) is 13.8 Å². The number of rotatable bonds is 3. The number of likely N-dealkylation sites (N-methyl/N-ethyl adjacent to an activating group) is 1. The van der Waals surface area contributed by atoms with Crippen LogP contribution in [0.5, 0.6) is 5.75 Å². The van der Waals surface area contributed by atoms with Crippen molar-refractivity contribution in [2.24, 2.45) is 0 Å². The predicted molar refractivity (Wildman–Crippen MR) is 95.3 cm³/mol. The first-order valence-corrected chi connectivity index (χ1v) is 8.47. The van der Waals surface area contributed by atoms with Crippen molar-refractivity contribution in [2.45, 2.75) is 20.8 Å². The first kappa shape index (κ1) is 16.4. The van der Waals surface area contributed by atoms with Crippen molar-refractivity contribution in [3.8, 4) is 11.4 Å². The van der Waals surface area contributed by atoms with E-state index in [0.29, 0.717) is 11.4 Å². The van der Waals surface area contributed by atoms with Gasteiger partial charge in [0.2, 0.25) is 0 Å². The van der Waals surface area contributed by atoms with Gasteiger partial charge < -0.3 is 9.67 Å². The molecule has 2 amide bonds. The van der Waals surface area contributed by atoms with Crippen molar-refractivity contribution in [1.29, 1.82) is 0 Å². The van der Waals surface area contributed by atoms with Crippen molar-refractivity contribution >= 4 is 29.0 Å². The van der Waals surface area contributed by atoms with E-state index in [9.17, 15) is 14.7 Å². The summed E-state index contributed by atoms with van der Waals surface area (Å²) in [6.07, 6.45) is 1.78. The van der Waals surface area contributed by atoms with Crippen LogP contribution in [-0.4, -0.2) is 32.3 Å². The van der Waals surface area contributed by atoms with E-state index in [0.717, 1.165) is 34.4 Å². The lowest BCUT2D eigenvalue weighted by molar-refractivity contribution is -0.122. The zero-order valence-electron chi connectivity index (χ0n) is 13.7. The molecule has 2 heterocycles. The number of imide groups is 1. The Labute approximate surface area is 144 Å². The molecule has 124 valence electrons. The lowest BCUT2D eigenvalue weighted by Crippen LogP contribution is -2.27. The Balaban J connectivity index is 2.01. The van der Waals surface area contributed by atoms with E-state index < -0.39 is 0 Å². The number of phenolic OH excluding ortho intramolecular Hbond substituents is 1. The summed E-state index contributed by atoms with van der Waals surface area (Å²) in [5, 5.41) is 9.22. The van der Waals surface area contributed by atoms with Crippen molar-refractivity contribution in [2.75, 3.05) is 6.54 Å². The standard InChI is InChI=1S/C18H18N2O3S/c1-4-19-17(22)16(24-18(19)23)10-13-9-11(2)20(12(13)3)14-5-7-15(21)8-6-14/h5-10,21H,4H2,1-3H3/b16-10-. The highest BCUT2D eigenvalue weighted by atomic mass is 32.2. The first-order chi connectivity index (χ1) is 11.4. The molecule has 1 aromatic heterocycles. The van der Waals surface area contributed by atoms with E-state index in [2.05, 4.69) is 4.57 Å². The van der Waals surface area contributed by atoms with Crippen LogP contribution in [0.3, 0.4) is 0 Å². The van der Waals surface area contributed by atoms with Crippen LogP contribution in [-0.2, 0) is 4.79 Å². The van der Waals surface area contributed by atoms with E-state index in [-0.39, 0.29) is 16.9 Å². The minimum Gasteiger partial charge on any atom is -0.508 e. The van der Waals surface area contributed by atoms with E-state index in [4.69, 9.17) is 0 Å². The topological polar surface area (TPSA) is 62.5 Å². The quantitative estimate of drug-likeness (QED) is 0.861. The maximum absolute atomic E-state index is 12.2. The molecule has 2 aromatic rings. The van der Waals surface area contributed by atoms with Crippen LogP contribution in [0.1, 0.15) is 23.9 Å². The molecule has 0 aliphatic carbocycles. The molecule has 0 saturated carbocycles. The molecule has 0 bridgehead atoms. The van der Waals surface area contributed by atoms with Gasteiger partial charge in [-0.3, -0.25) is 14.5 Å². The molecule has 1 N–H and O–H groups in total. The third kappa shape index (κ3) is 2.73. The van der Waals surface area contributed by atoms with Crippen LogP contribution < -0.4 is 0 Å². The average molecular weight is 342 g/mol. The van der Waals surface area contributed by atoms with E-state index in [1.54, 1.807) is 25.1 Å². The maximum atomic E-state index is 12.2. The Hall–Kier alpha value is -2.47. The highest BCUT2D eigenvalue weighted by molar-refractivity contribution is 8.18. The second-order valence-corrected chi connectivity index (χ2v) is 6.60. The molecule has 0 atom stereocenters. The van der Waals surface area contributed by atoms with Crippen molar-refractivity contribution in [3.05, 3.63) is 52.2 Å². The Morgan fingerprint density at radius 2 is 1.83 bits per heavy atom. The lowest BCUT2D eigenvalue weighted by atomic mass is 10.2. The Morgan fingerprint density at radius 1 is 1.17 bits per heavy atom. The molecule has 0 unspecified atom stereocenters. The van der Waals surface area contributed by atoms with Gasteiger partial charge in [-0.15, -0.1) is 0 Å². The number of benzene rings is 1. The predicted octanol–water partition coefficient (Wildman–Crippen LogP) is 3.86. The van der Waals surface area contributed by atoms with E-state index in [1.807, 2.05) is 32.0 Å². The molecule has 0 spiro atoms. The number of aromatic nitrogens is 1. The number of hydrogen-bond donors (Lipinski definition) is 1. The monoisotopic (exact) mass is 342 g/mol. The average Bonchev–Trinajstić information content (AvgIpc) is 2.97. The molecule has 24 heavy (non-hydrogen) atoms. The third-order valence-corrected chi connectivity index (χ3v) is 4.96. The first-order valence-electron chi connectivity index (χ1n) is 7.66. The molecule has 6 heteroatoms. The largest absolute Gasteiger partial charge is 0.508 e. The molecule has 1 aromatic carbocycles. The van der Waals surface area contributed by atoms with Crippen molar-refractivity contribution in [1.82, 2.24) is 9.47 Å². The van der Waals surface area contributed by atoms with Gasteiger partial charge in [0, 0.05) is 23.6 Å². The molecule has 1 aliphatic heterocycles. The summed E-state index contributed by atoms with van der Waals surface area (Å²) in [6.45, 7) is 6.12. The highest BCUT2D eigenvalue weighted by Gasteiger charge is 2.33. The Morgan fingerprint density at radius 3 is 2.42 bits per heavy atom. The number of carbonyl (C=O) groups is 2. The fourth-order valence-electron chi connectivity index (χ4n) is 2.85. The fraction of sp³-hybridized carbons (Fsp3) is 0.222. The number of aryl methyl sites for hydroxylation is 1. The number of nitrogens with zero attached hydrogens (tertiary/aromatic N) is 2. The fourth-order valence-corrected chi connectivity index (χ4v) is 3.74. The minimum atomic E-state index is -0.234. The number of carbonyl (C=O) groups excluding carboxylic acids is 2. The van der Waals surface area contributed by atoms with Gasteiger partial charge in [0.15, 0.2) is 0 Å². The third-order valence-electron chi connectivity index (χ3n) is 4.05. The smallest absolute Gasteiger partial charge is 0.293 e. The number of phenols is 1. The van der Waals surface area contributed by atoms with E-state index in [1.165, 1.54) is 4.90 Å². The van der Waals surface area contributed by atoms with Crippen LogP contribution in [0.4, 0.5) is 4.79 Å². The highest BCUT2D eigenvalue weighted by Crippen LogP contribution is 2.33. The zero-order chi connectivity index (χ0) is 17.4. The summed E-state index contributed by atoms with van der Waals surface area (Å²) < 4.78 is 2.05. The summed E-state index contributed by atoms with van der Waals surface area (Å²) in [4.78, 5) is 25.8. The zero-order valence-corrected chi connectivity index (χ0v) is 14.6. The molecule has 1 saturated heterocycles. The summed E-state index contributed by atoms with van der Waals surface area (Å²) in [7, 11) is 0. The molecule has 1 aliphatic rings.